The van der Waals surface area contributed by atoms with Gasteiger partial charge in [0.05, 0.1) is 0 Å². The van der Waals surface area contributed by atoms with Gasteiger partial charge >= 0.3 is 0 Å². The normalized spacial score (nSPS) is 15.8. The summed E-state index contributed by atoms with van der Waals surface area (Å²) < 4.78 is 5.03. The van der Waals surface area contributed by atoms with Crippen molar-refractivity contribution in [2.24, 2.45) is 0 Å². The Bertz CT molecular complexity index is 603. The molecule has 7 nitrogen and oxygen atoms in total. The lowest BCUT2D eigenvalue weighted by atomic mass is 10.2. The second-order valence-electron chi connectivity index (χ2n) is 5.31. The Kier molecular flexibility index (Phi) is 3.89. The van der Waals surface area contributed by atoms with E-state index >= 15 is 0 Å². The Hall–Kier alpha value is -2.31. The van der Waals surface area contributed by atoms with E-state index in [1.165, 1.54) is 32.0 Å². The van der Waals surface area contributed by atoms with Gasteiger partial charge in [-0.2, -0.15) is 0 Å². The monoisotopic (exact) mass is 288 g/mol. The molecule has 1 fully saturated rings. The topological polar surface area (TPSA) is 93.1 Å². The third kappa shape index (κ3) is 3.07. The first-order valence-electron chi connectivity index (χ1n) is 7.30. The number of nitrogen functional groups attached to an aromatic ring is 1. The standard InChI is InChI=1S/C14H20N6O/c1-10-8-11(19-21-10)18-13-12(15)14(17-9-16-13)20-6-4-2-3-5-7-20/h8-9H,2-7,15H2,1H3,(H,16,17,18,19). The summed E-state index contributed by atoms with van der Waals surface area (Å²) >= 11 is 0. The Morgan fingerprint density at radius 3 is 2.62 bits per heavy atom. The molecule has 0 amide bonds. The molecule has 0 radical (unpaired) electrons. The number of nitrogens with two attached hydrogens (primary N) is 1. The fourth-order valence-electron chi connectivity index (χ4n) is 2.57. The summed E-state index contributed by atoms with van der Waals surface area (Å²) in [6, 6.07) is 1.80. The molecular weight excluding hydrogens is 268 g/mol. The van der Waals surface area contributed by atoms with Gasteiger partial charge in [0.25, 0.3) is 0 Å². The quantitative estimate of drug-likeness (QED) is 0.896. The largest absolute Gasteiger partial charge is 0.393 e. The SMILES string of the molecule is Cc1cc(Nc2ncnc(N3CCCCCC3)c2N)no1. The van der Waals surface area contributed by atoms with E-state index < -0.39 is 0 Å². The molecule has 0 spiro atoms. The fourth-order valence-corrected chi connectivity index (χ4v) is 2.57. The van der Waals surface area contributed by atoms with Crippen LogP contribution in [0.1, 0.15) is 31.4 Å². The number of hydrogen-bond donors (Lipinski definition) is 2. The molecule has 1 saturated heterocycles. The first kappa shape index (κ1) is 13.7. The van der Waals surface area contributed by atoms with Gasteiger partial charge in [0.15, 0.2) is 17.5 Å². The van der Waals surface area contributed by atoms with E-state index in [1.54, 1.807) is 6.07 Å². The molecule has 0 unspecified atom stereocenters. The predicted octanol–water partition coefficient (Wildman–Crippen LogP) is 2.48. The fraction of sp³-hybridized carbons (Fsp3) is 0.500. The molecule has 1 aliphatic heterocycles. The average molecular weight is 288 g/mol. The van der Waals surface area contributed by atoms with Crippen molar-refractivity contribution in [3.05, 3.63) is 18.2 Å². The molecule has 3 N–H and O–H groups in total. The van der Waals surface area contributed by atoms with Crippen molar-refractivity contribution in [1.82, 2.24) is 15.1 Å². The first-order chi connectivity index (χ1) is 10.2. The van der Waals surface area contributed by atoms with E-state index in [0.717, 1.165) is 24.7 Å². The van der Waals surface area contributed by atoms with Gasteiger partial charge in [-0.3, -0.25) is 0 Å². The Morgan fingerprint density at radius 2 is 1.95 bits per heavy atom. The van der Waals surface area contributed by atoms with Crippen molar-refractivity contribution in [1.29, 1.82) is 0 Å². The minimum absolute atomic E-state index is 0.556. The molecule has 112 valence electrons. The second kappa shape index (κ2) is 5.99. The van der Waals surface area contributed by atoms with Crippen LogP contribution < -0.4 is 16.0 Å². The van der Waals surface area contributed by atoms with Crippen LogP contribution in [0.3, 0.4) is 0 Å². The van der Waals surface area contributed by atoms with E-state index in [2.05, 4.69) is 25.3 Å². The minimum Gasteiger partial charge on any atom is -0.393 e. The molecule has 0 aliphatic carbocycles. The highest BCUT2D eigenvalue weighted by molar-refractivity contribution is 5.77. The van der Waals surface area contributed by atoms with Crippen LogP contribution in [0.25, 0.3) is 0 Å². The van der Waals surface area contributed by atoms with Crippen LogP contribution in [-0.2, 0) is 0 Å². The van der Waals surface area contributed by atoms with E-state index in [0.29, 0.717) is 17.3 Å². The maximum absolute atomic E-state index is 6.23. The van der Waals surface area contributed by atoms with Gasteiger partial charge in [0.1, 0.15) is 17.8 Å². The molecule has 0 saturated carbocycles. The lowest BCUT2D eigenvalue weighted by Gasteiger charge is -2.23. The van der Waals surface area contributed by atoms with E-state index in [-0.39, 0.29) is 0 Å². The summed E-state index contributed by atoms with van der Waals surface area (Å²) in [5, 5.41) is 6.97. The molecule has 0 aromatic carbocycles. The third-order valence-electron chi connectivity index (χ3n) is 3.64. The second-order valence-corrected chi connectivity index (χ2v) is 5.31. The van der Waals surface area contributed by atoms with Crippen LogP contribution in [0, 0.1) is 6.92 Å². The number of aryl methyl sites for hydroxylation is 1. The van der Waals surface area contributed by atoms with E-state index in [4.69, 9.17) is 10.3 Å². The molecule has 21 heavy (non-hydrogen) atoms. The van der Waals surface area contributed by atoms with Crippen molar-refractivity contribution < 1.29 is 4.52 Å². The van der Waals surface area contributed by atoms with Gasteiger partial charge in [-0.15, -0.1) is 0 Å². The number of anilines is 4. The summed E-state index contributed by atoms with van der Waals surface area (Å²) in [5.74, 6) is 2.70. The van der Waals surface area contributed by atoms with Crippen molar-refractivity contribution in [2.45, 2.75) is 32.6 Å². The molecule has 1 aliphatic rings. The highest BCUT2D eigenvalue weighted by Crippen LogP contribution is 2.29. The molecule has 0 atom stereocenters. The Balaban J connectivity index is 1.83. The molecule has 0 bridgehead atoms. The summed E-state index contributed by atoms with van der Waals surface area (Å²) in [5.41, 5.74) is 6.79. The highest BCUT2D eigenvalue weighted by Gasteiger charge is 2.17. The number of rotatable bonds is 3. The van der Waals surface area contributed by atoms with Crippen molar-refractivity contribution in [2.75, 3.05) is 29.0 Å². The lowest BCUT2D eigenvalue weighted by molar-refractivity contribution is 0.400. The number of nitrogens with zero attached hydrogens (tertiary/aromatic N) is 4. The molecule has 3 rings (SSSR count). The lowest BCUT2D eigenvalue weighted by Crippen LogP contribution is -2.26. The van der Waals surface area contributed by atoms with Gasteiger partial charge in [-0.25, -0.2) is 9.97 Å². The van der Waals surface area contributed by atoms with Gasteiger partial charge in [-0.05, 0) is 19.8 Å². The van der Waals surface area contributed by atoms with Gasteiger partial charge in [0.2, 0.25) is 0 Å². The summed E-state index contributed by atoms with van der Waals surface area (Å²) in [4.78, 5) is 10.8. The minimum atomic E-state index is 0.556. The number of aromatic nitrogens is 3. The maximum atomic E-state index is 6.23. The summed E-state index contributed by atoms with van der Waals surface area (Å²) in [6.45, 7) is 3.82. The van der Waals surface area contributed by atoms with Gasteiger partial charge < -0.3 is 20.5 Å². The van der Waals surface area contributed by atoms with E-state index in [9.17, 15) is 0 Å². The van der Waals surface area contributed by atoms with Crippen LogP contribution >= 0.6 is 0 Å². The van der Waals surface area contributed by atoms with Crippen molar-refractivity contribution in [3.8, 4) is 0 Å². The summed E-state index contributed by atoms with van der Waals surface area (Å²) in [7, 11) is 0. The predicted molar refractivity (Wildman–Crippen MR) is 81.6 cm³/mol. The molecule has 2 aromatic rings. The van der Waals surface area contributed by atoms with Crippen LogP contribution in [0.5, 0.6) is 0 Å². The highest BCUT2D eigenvalue weighted by atomic mass is 16.5. The average Bonchev–Trinajstić information content (AvgIpc) is 2.74. The zero-order valence-corrected chi connectivity index (χ0v) is 12.2. The molecule has 3 heterocycles. The smallest absolute Gasteiger partial charge is 0.175 e. The zero-order valence-electron chi connectivity index (χ0n) is 12.2. The van der Waals surface area contributed by atoms with Crippen molar-refractivity contribution >= 4 is 23.1 Å². The molecule has 2 aromatic heterocycles. The van der Waals surface area contributed by atoms with Crippen LogP contribution in [0.4, 0.5) is 23.1 Å². The third-order valence-corrected chi connectivity index (χ3v) is 3.64. The molecule has 7 heteroatoms. The first-order valence-corrected chi connectivity index (χ1v) is 7.30. The maximum Gasteiger partial charge on any atom is 0.175 e. The van der Waals surface area contributed by atoms with Gasteiger partial charge in [-0.1, -0.05) is 18.0 Å². The zero-order chi connectivity index (χ0) is 14.7. The molecular formula is C14H20N6O. The number of hydrogen-bond acceptors (Lipinski definition) is 7. The van der Waals surface area contributed by atoms with Crippen LogP contribution in [0.15, 0.2) is 16.9 Å². The van der Waals surface area contributed by atoms with Crippen LogP contribution in [0.2, 0.25) is 0 Å². The Morgan fingerprint density at radius 1 is 1.19 bits per heavy atom. The van der Waals surface area contributed by atoms with Gasteiger partial charge in [0, 0.05) is 19.2 Å². The van der Waals surface area contributed by atoms with E-state index in [1.807, 2.05) is 6.92 Å². The van der Waals surface area contributed by atoms with Crippen molar-refractivity contribution in [3.63, 3.8) is 0 Å². The Labute approximate surface area is 123 Å². The van der Waals surface area contributed by atoms with Crippen LogP contribution in [-0.4, -0.2) is 28.2 Å². The number of nitrogens with one attached hydrogen (secondary N) is 1. The summed E-state index contributed by atoms with van der Waals surface area (Å²) in [6.07, 6.45) is 6.42.